The number of hydrogen-bond acceptors (Lipinski definition) is 4. The van der Waals surface area contributed by atoms with Gasteiger partial charge < -0.3 is 9.80 Å². The highest BCUT2D eigenvalue weighted by atomic mass is 35.5. The van der Waals surface area contributed by atoms with Gasteiger partial charge in [-0.3, -0.25) is 9.00 Å². The molecule has 1 heterocycles. The number of likely N-dealkylation sites (N-methyl/N-ethyl adjacent to an activating group) is 1. The van der Waals surface area contributed by atoms with Gasteiger partial charge in [-0.25, -0.2) is 4.39 Å². The molecule has 44 heavy (non-hydrogen) atoms. The van der Waals surface area contributed by atoms with Crippen LogP contribution in [-0.2, 0) is 10.8 Å². The fourth-order valence-corrected chi connectivity index (χ4v) is 7.35. The van der Waals surface area contributed by atoms with Crippen LogP contribution in [0.2, 0.25) is 10.0 Å². The standard InChI is InChI=1S/C35H34Cl2FN3O2S/c1-40(35(42)31-18-23(21-39)17-26-5-3-4-6-29(26)31)22-27(25-7-10-32(36)33(37)19-25)13-16-41-14-11-24(12-15-41)30-9-8-28(38)20-34(30)44(2)43/h3-10,17-20,24,27H,11-16,22H2,1-2H3/t27-,44+/m1/s1. The Morgan fingerprint density at radius 3 is 2.52 bits per heavy atom. The van der Waals surface area contributed by atoms with Crippen LogP contribution in [0.1, 0.15) is 58.1 Å². The van der Waals surface area contributed by atoms with Gasteiger partial charge in [-0.05, 0) is 103 Å². The zero-order chi connectivity index (χ0) is 31.4. The number of likely N-dealkylation sites (tertiary alicyclic amines) is 1. The number of halogens is 3. The number of amides is 1. The summed E-state index contributed by atoms with van der Waals surface area (Å²) in [7, 11) is 0.544. The predicted molar refractivity (Wildman–Crippen MR) is 177 cm³/mol. The number of piperidine rings is 1. The molecular formula is C35H34Cl2FN3O2S. The van der Waals surface area contributed by atoms with Crippen LogP contribution in [0.4, 0.5) is 4.39 Å². The van der Waals surface area contributed by atoms with Gasteiger partial charge in [-0.2, -0.15) is 5.26 Å². The highest BCUT2D eigenvalue weighted by Gasteiger charge is 2.26. The normalized spacial score (nSPS) is 15.5. The quantitative estimate of drug-likeness (QED) is 0.184. The van der Waals surface area contributed by atoms with E-state index in [4.69, 9.17) is 23.2 Å². The molecular weight excluding hydrogens is 616 g/mol. The van der Waals surface area contributed by atoms with E-state index in [0.29, 0.717) is 32.6 Å². The molecule has 1 saturated heterocycles. The smallest absolute Gasteiger partial charge is 0.254 e. The molecule has 0 aliphatic carbocycles. The van der Waals surface area contributed by atoms with Crippen molar-refractivity contribution in [2.75, 3.05) is 39.5 Å². The van der Waals surface area contributed by atoms with Crippen molar-refractivity contribution >= 4 is 50.7 Å². The molecule has 2 atom stereocenters. The molecule has 0 saturated carbocycles. The van der Waals surface area contributed by atoms with Crippen molar-refractivity contribution in [1.29, 1.82) is 5.26 Å². The molecule has 1 amide bonds. The Labute approximate surface area is 270 Å². The number of fused-ring (bicyclic) bond motifs is 1. The minimum absolute atomic E-state index is 0.00642. The van der Waals surface area contributed by atoms with Crippen molar-refractivity contribution in [3.8, 4) is 6.07 Å². The van der Waals surface area contributed by atoms with Crippen LogP contribution in [0.3, 0.4) is 0 Å². The number of nitriles is 1. The Balaban J connectivity index is 1.31. The molecule has 1 fully saturated rings. The molecule has 228 valence electrons. The van der Waals surface area contributed by atoms with Crippen molar-refractivity contribution in [1.82, 2.24) is 9.80 Å². The maximum atomic E-state index is 13.8. The van der Waals surface area contributed by atoms with Crippen molar-refractivity contribution in [3.05, 3.63) is 111 Å². The first kappa shape index (κ1) is 32.1. The third-order valence-electron chi connectivity index (χ3n) is 8.58. The Kier molecular flexibility index (Phi) is 10.4. The van der Waals surface area contributed by atoms with Crippen LogP contribution in [0.25, 0.3) is 10.8 Å². The molecule has 1 aliphatic rings. The summed E-state index contributed by atoms with van der Waals surface area (Å²) in [5.74, 6) is -0.279. The van der Waals surface area contributed by atoms with Crippen molar-refractivity contribution < 1.29 is 13.4 Å². The Bertz CT molecular complexity index is 1750. The largest absolute Gasteiger partial charge is 0.341 e. The Hall–Kier alpha value is -3.28. The first-order chi connectivity index (χ1) is 21.1. The van der Waals surface area contributed by atoms with Crippen molar-refractivity contribution in [2.24, 2.45) is 0 Å². The fourth-order valence-electron chi connectivity index (χ4n) is 6.20. The Morgan fingerprint density at radius 2 is 1.82 bits per heavy atom. The number of carbonyl (C=O) groups is 1. The summed E-state index contributed by atoms with van der Waals surface area (Å²) in [6.07, 6.45) is 4.18. The molecule has 0 aromatic heterocycles. The van der Waals surface area contributed by atoms with Crippen LogP contribution in [0.15, 0.2) is 77.7 Å². The second-order valence-corrected chi connectivity index (χ2v) is 13.6. The van der Waals surface area contributed by atoms with E-state index in [2.05, 4.69) is 11.0 Å². The third-order valence-corrected chi connectivity index (χ3v) is 10.3. The molecule has 0 unspecified atom stereocenters. The van der Waals surface area contributed by atoms with Gasteiger partial charge in [0.05, 0.1) is 32.5 Å². The van der Waals surface area contributed by atoms with Crippen molar-refractivity contribution in [2.45, 2.75) is 36.0 Å². The minimum atomic E-state index is -1.25. The lowest BCUT2D eigenvalue weighted by Crippen LogP contribution is -2.36. The van der Waals surface area contributed by atoms with Gasteiger partial charge in [-0.15, -0.1) is 0 Å². The van der Waals surface area contributed by atoms with E-state index in [-0.39, 0.29) is 23.6 Å². The van der Waals surface area contributed by atoms with E-state index in [1.807, 2.05) is 36.4 Å². The first-order valence-corrected chi connectivity index (χ1v) is 16.9. The van der Waals surface area contributed by atoms with Gasteiger partial charge in [0, 0.05) is 36.2 Å². The van der Waals surface area contributed by atoms with Crippen LogP contribution in [0.5, 0.6) is 0 Å². The lowest BCUT2D eigenvalue weighted by molar-refractivity contribution is 0.0783. The summed E-state index contributed by atoms with van der Waals surface area (Å²) in [5.41, 5.74) is 2.94. The van der Waals surface area contributed by atoms with Gasteiger partial charge in [0.1, 0.15) is 5.82 Å². The number of benzene rings is 4. The lowest BCUT2D eigenvalue weighted by atomic mass is 9.88. The van der Waals surface area contributed by atoms with Crippen LogP contribution in [-0.4, -0.2) is 59.4 Å². The average molecular weight is 651 g/mol. The minimum Gasteiger partial charge on any atom is -0.341 e. The predicted octanol–water partition coefficient (Wildman–Crippen LogP) is 8.02. The summed E-state index contributed by atoms with van der Waals surface area (Å²) in [6.45, 7) is 3.02. The maximum absolute atomic E-state index is 13.8. The van der Waals surface area contributed by atoms with E-state index in [1.54, 1.807) is 42.5 Å². The lowest BCUT2D eigenvalue weighted by Gasteiger charge is -2.34. The highest BCUT2D eigenvalue weighted by molar-refractivity contribution is 7.84. The van der Waals surface area contributed by atoms with Gasteiger partial charge >= 0.3 is 0 Å². The van der Waals surface area contributed by atoms with Gasteiger partial charge in [-0.1, -0.05) is 59.6 Å². The maximum Gasteiger partial charge on any atom is 0.254 e. The SMILES string of the molecule is CN(C[C@@H](CCN1CCC(c2ccc(F)cc2[S@](C)=O)CC1)c1ccc(Cl)c(Cl)c1)C(=O)c1cc(C#N)cc2ccccc12. The molecule has 5 nitrogen and oxygen atoms in total. The van der Waals surface area contributed by atoms with E-state index in [1.165, 1.54) is 12.1 Å². The Morgan fingerprint density at radius 1 is 1.07 bits per heavy atom. The van der Waals surface area contributed by atoms with E-state index in [0.717, 1.165) is 60.8 Å². The number of nitrogens with zero attached hydrogens (tertiary/aromatic N) is 3. The summed E-state index contributed by atoms with van der Waals surface area (Å²) in [5, 5.41) is 12.2. The van der Waals surface area contributed by atoms with Gasteiger partial charge in [0.2, 0.25) is 0 Å². The molecule has 0 N–H and O–H groups in total. The van der Waals surface area contributed by atoms with Crippen LogP contribution < -0.4 is 0 Å². The monoisotopic (exact) mass is 649 g/mol. The average Bonchev–Trinajstić information content (AvgIpc) is 3.03. The molecule has 1 aliphatic heterocycles. The zero-order valence-electron chi connectivity index (χ0n) is 24.7. The van der Waals surface area contributed by atoms with Gasteiger partial charge in [0.15, 0.2) is 0 Å². The molecule has 4 aromatic rings. The second kappa shape index (κ2) is 14.2. The highest BCUT2D eigenvalue weighted by Crippen LogP contribution is 2.34. The second-order valence-electron chi connectivity index (χ2n) is 11.5. The molecule has 0 radical (unpaired) electrons. The molecule has 0 bridgehead atoms. The number of rotatable bonds is 9. The third kappa shape index (κ3) is 7.33. The van der Waals surface area contributed by atoms with E-state index in [9.17, 15) is 18.7 Å². The van der Waals surface area contributed by atoms with Crippen LogP contribution >= 0.6 is 23.2 Å². The topological polar surface area (TPSA) is 64.4 Å². The molecule has 9 heteroatoms. The summed E-state index contributed by atoms with van der Waals surface area (Å²) < 4.78 is 26.1. The number of carbonyl (C=O) groups excluding carboxylic acids is 1. The van der Waals surface area contributed by atoms with Crippen LogP contribution in [0, 0.1) is 17.1 Å². The van der Waals surface area contributed by atoms with Crippen molar-refractivity contribution in [3.63, 3.8) is 0 Å². The molecule has 5 rings (SSSR count). The fraction of sp³-hybridized carbons (Fsp3) is 0.314. The van der Waals surface area contributed by atoms with E-state index >= 15 is 0 Å². The summed E-state index contributed by atoms with van der Waals surface area (Å²) >= 11 is 12.7. The first-order valence-electron chi connectivity index (χ1n) is 14.6. The van der Waals surface area contributed by atoms with Gasteiger partial charge in [0.25, 0.3) is 5.91 Å². The summed E-state index contributed by atoms with van der Waals surface area (Å²) in [6, 6.07) is 23.5. The molecule has 4 aromatic carbocycles. The zero-order valence-corrected chi connectivity index (χ0v) is 27.1. The number of hydrogen-bond donors (Lipinski definition) is 0. The molecule has 0 spiro atoms. The van der Waals surface area contributed by atoms with E-state index < -0.39 is 10.8 Å². The summed E-state index contributed by atoms with van der Waals surface area (Å²) in [4.78, 5) is 18.5.